The summed E-state index contributed by atoms with van der Waals surface area (Å²) in [7, 11) is 0. The van der Waals surface area contributed by atoms with Crippen molar-refractivity contribution in [2.45, 2.75) is 31.7 Å². The van der Waals surface area contributed by atoms with E-state index in [1.165, 1.54) is 10.9 Å². The Hall–Kier alpha value is -2.26. The van der Waals surface area contributed by atoms with Gasteiger partial charge < -0.3 is 9.47 Å². The van der Waals surface area contributed by atoms with Crippen molar-refractivity contribution in [3.8, 4) is 0 Å². The van der Waals surface area contributed by atoms with Gasteiger partial charge in [0, 0.05) is 35.7 Å². The van der Waals surface area contributed by atoms with Crippen LogP contribution in [0.2, 0.25) is 5.02 Å². The zero-order valence-electron chi connectivity index (χ0n) is 14.8. The van der Waals surface area contributed by atoms with Gasteiger partial charge in [0.15, 0.2) is 0 Å². The molecule has 0 saturated carbocycles. The zero-order valence-corrected chi connectivity index (χ0v) is 15.5. The maximum absolute atomic E-state index is 13.0. The lowest BCUT2D eigenvalue weighted by atomic mass is 9.94. The number of para-hydroxylation sites is 1. The van der Waals surface area contributed by atoms with Crippen LogP contribution in [0.4, 0.5) is 0 Å². The molecule has 0 aliphatic carbocycles. The Balaban J connectivity index is 1.50. The Morgan fingerprint density at radius 1 is 1.04 bits per heavy atom. The Morgan fingerprint density at radius 2 is 1.85 bits per heavy atom. The van der Waals surface area contributed by atoms with Gasteiger partial charge in [0.1, 0.15) is 6.54 Å². The number of nitrogens with zero attached hydrogens (tertiary/aromatic N) is 2. The minimum atomic E-state index is 0.201. The standard InChI is InChI=1S/C22H23ClN2O/c23-20-10-8-17(9-11-20)19-6-3-4-13-25(15-19)22(26)16-24-14-12-18-5-1-2-7-21(18)24/h1-2,5,7-12,14,19H,3-4,6,13,15-16H2. The molecule has 1 aliphatic heterocycles. The smallest absolute Gasteiger partial charge is 0.242 e. The van der Waals surface area contributed by atoms with Gasteiger partial charge in [0.25, 0.3) is 0 Å². The predicted molar refractivity (Wildman–Crippen MR) is 107 cm³/mol. The van der Waals surface area contributed by atoms with E-state index in [2.05, 4.69) is 34.9 Å². The highest BCUT2D eigenvalue weighted by molar-refractivity contribution is 6.30. The van der Waals surface area contributed by atoms with Crippen LogP contribution < -0.4 is 0 Å². The van der Waals surface area contributed by atoms with E-state index in [1.807, 2.05) is 35.4 Å². The van der Waals surface area contributed by atoms with Gasteiger partial charge in [0.05, 0.1) is 0 Å². The summed E-state index contributed by atoms with van der Waals surface area (Å²) in [6, 6.07) is 18.4. The van der Waals surface area contributed by atoms with Gasteiger partial charge in [-0.15, -0.1) is 0 Å². The van der Waals surface area contributed by atoms with Crippen LogP contribution in [0.3, 0.4) is 0 Å². The summed E-state index contributed by atoms with van der Waals surface area (Å²) >= 11 is 6.02. The third-order valence-corrected chi connectivity index (χ3v) is 5.60. The quantitative estimate of drug-likeness (QED) is 0.633. The highest BCUT2D eigenvalue weighted by atomic mass is 35.5. The number of halogens is 1. The van der Waals surface area contributed by atoms with Crippen LogP contribution in [0.25, 0.3) is 10.9 Å². The van der Waals surface area contributed by atoms with Gasteiger partial charge in [-0.05, 0) is 48.1 Å². The van der Waals surface area contributed by atoms with Crippen molar-refractivity contribution in [1.29, 1.82) is 0 Å². The van der Waals surface area contributed by atoms with E-state index in [0.717, 1.165) is 42.9 Å². The minimum Gasteiger partial charge on any atom is -0.341 e. The number of hydrogen-bond donors (Lipinski definition) is 0. The molecular weight excluding hydrogens is 344 g/mol. The second-order valence-electron chi connectivity index (χ2n) is 7.09. The number of likely N-dealkylation sites (tertiary alicyclic amines) is 1. The Labute approximate surface area is 159 Å². The minimum absolute atomic E-state index is 0.201. The molecule has 0 bridgehead atoms. The first kappa shape index (κ1) is 17.2. The number of carbonyl (C=O) groups is 1. The Morgan fingerprint density at radius 3 is 2.69 bits per heavy atom. The zero-order chi connectivity index (χ0) is 17.9. The van der Waals surface area contributed by atoms with Crippen LogP contribution in [0.1, 0.15) is 30.7 Å². The van der Waals surface area contributed by atoms with Crippen LogP contribution in [-0.4, -0.2) is 28.5 Å². The number of fused-ring (bicyclic) bond motifs is 1. The average molecular weight is 367 g/mol. The lowest BCUT2D eigenvalue weighted by Crippen LogP contribution is -2.36. The molecule has 1 amide bonds. The van der Waals surface area contributed by atoms with Gasteiger partial charge in [-0.1, -0.05) is 48.4 Å². The molecule has 1 fully saturated rings. The molecule has 0 radical (unpaired) electrons. The third kappa shape index (κ3) is 3.63. The highest BCUT2D eigenvalue weighted by Gasteiger charge is 2.23. The van der Waals surface area contributed by atoms with E-state index >= 15 is 0 Å². The number of carbonyl (C=O) groups excluding carboxylic acids is 1. The van der Waals surface area contributed by atoms with Gasteiger partial charge in [0.2, 0.25) is 5.91 Å². The van der Waals surface area contributed by atoms with Crippen molar-refractivity contribution < 1.29 is 4.79 Å². The first-order valence-corrected chi connectivity index (χ1v) is 9.65. The second-order valence-corrected chi connectivity index (χ2v) is 7.52. The van der Waals surface area contributed by atoms with Crippen LogP contribution >= 0.6 is 11.6 Å². The van der Waals surface area contributed by atoms with Crippen molar-refractivity contribution in [3.63, 3.8) is 0 Å². The van der Waals surface area contributed by atoms with Crippen LogP contribution in [0.5, 0.6) is 0 Å². The number of amides is 1. The Bertz CT molecular complexity index is 900. The predicted octanol–water partition coefficient (Wildman–Crippen LogP) is 5.09. The summed E-state index contributed by atoms with van der Waals surface area (Å²) in [4.78, 5) is 15.0. The monoisotopic (exact) mass is 366 g/mol. The van der Waals surface area contributed by atoms with Crippen LogP contribution in [0.15, 0.2) is 60.8 Å². The van der Waals surface area contributed by atoms with Crippen molar-refractivity contribution in [1.82, 2.24) is 9.47 Å². The Kier molecular flexibility index (Phi) is 4.98. The molecule has 1 atom stereocenters. The van der Waals surface area contributed by atoms with E-state index in [-0.39, 0.29) is 5.91 Å². The topological polar surface area (TPSA) is 25.2 Å². The summed E-state index contributed by atoms with van der Waals surface area (Å²) in [6.45, 7) is 2.04. The highest BCUT2D eigenvalue weighted by Crippen LogP contribution is 2.28. The second kappa shape index (κ2) is 7.55. The van der Waals surface area contributed by atoms with Gasteiger partial charge in [-0.3, -0.25) is 4.79 Å². The number of aromatic nitrogens is 1. The molecule has 3 aromatic rings. The van der Waals surface area contributed by atoms with Gasteiger partial charge >= 0.3 is 0 Å². The van der Waals surface area contributed by atoms with E-state index in [1.54, 1.807) is 0 Å². The maximum Gasteiger partial charge on any atom is 0.242 e. The first-order chi connectivity index (χ1) is 12.7. The SMILES string of the molecule is O=C(Cn1ccc2ccccc21)N1CCCCC(c2ccc(Cl)cc2)C1. The average Bonchev–Trinajstić information content (AvgIpc) is 2.89. The lowest BCUT2D eigenvalue weighted by Gasteiger charge is -2.25. The van der Waals surface area contributed by atoms with E-state index in [0.29, 0.717) is 12.5 Å². The molecule has 2 aromatic carbocycles. The normalized spacial score (nSPS) is 18.0. The van der Waals surface area contributed by atoms with Crippen molar-refractivity contribution in [2.24, 2.45) is 0 Å². The lowest BCUT2D eigenvalue weighted by molar-refractivity contribution is -0.131. The molecule has 1 aliphatic rings. The fourth-order valence-corrected chi connectivity index (χ4v) is 4.03. The molecule has 2 heterocycles. The molecule has 0 spiro atoms. The molecule has 3 nitrogen and oxygen atoms in total. The molecular formula is C22H23ClN2O. The summed E-state index contributed by atoms with van der Waals surface area (Å²) in [5, 5.41) is 1.94. The number of rotatable bonds is 3. The van der Waals surface area contributed by atoms with Crippen molar-refractivity contribution in [3.05, 3.63) is 71.4 Å². The van der Waals surface area contributed by atoms with Crippen molar-refractivity contribution >= 4 is 28.4 Å². The molecule has 0 N–H and O–H groups in total. The molecule has 134 valence electrons. The maximum atomic E-state index is 13.0. The van der Waals surface area contributed by atoms with E-state index in [4.69, 9.17) is 11.6 Å². The molecule has 26 heavy (non-hydrogen) atoms. The fraction of sp³-hybridized carbons (Fsp3) is 0.318. The van der Waals surface area contributed by atoms with Crippen LogP contribution in [-0.2, 0) is 11.3 Å². The summed E-state index contributed by atoms with van der Waals surface area (Å²) in [6.07, 6.45) is 5.36. The molecule has 1 saturated heterocycles. The molecule has 1 unspecified atom stereocenters. The van der Waals surface area contributed by atoms with E-state index < -0.39 is 0 Å². The summed E-state index contributed by atoms with van der Waals surface area (Å²) in [5.74, 6) is 0.590. The van der Waals surface area contributed by atoms with Crippen LogP contribution in [0, 0.1) is 0 Å². The number of hydrogen-bond acceptors (Lipinski definition) is 1. The third-order valence-electron chi connectivity index (χ3n) is 5.35. The summed E-state index contributed by atoms with van der Waals surface area (Å²) < 4.78 is 2.06. The van der Waals surface area contributed by atoms with Crippen molar-refractivity contribution in [2.75, 3.05) is 13.1 Å². The molecule has 1 aromatic heterocycles. The molecule has 4 rings (SSSR count). The first-order valence-electron chi connectivity index (χ1n) is 9.28. The fourth-order valence-electron chi connectivity index (χ4n) is 3.90. The largest absolute Gasteiger partial charge is 0.341 e. The van der Waals surface area contributed by atoms with Gasteiger partial charge in [-0.25, -0.2) is 0 Å². The van der Waals surface area contributed by atoms with Gasteiger partial charge in [-0.2, -0.15) is 0 Å². The molecule has 4 heteroatoms. The van der Waals surface area contributed by atoms with E-state index in [9.17, 15) is 4.79 Å². The number of benzene rings is 2. The summed E-state index contributed by atoms with van der Waals surface area (Å²) in [5.41, 5.74) is 2.39.